The standard InChI is InChI=1S/C10H21O6P/c1-3-8(2)4-6-10(13,17(14,15)16)7-5-9(11)12/h8,13H,3-7H2,1-2H3,(H,11,12)(H2,14,15,16). The average molecular weight is 268 g/mol. The lowest BCUT2D eigenvalue weighted by Gasteiger charge is -2.29. The SMILES string of the molecule is CCC(C)CCC(O)(CCC(=O)O)P(=O)(O)O. The van der Waals surface area contributed by atoms with E-state index in [-0.39, 0.29) is 12.3 Å². The van der Waals surface area contributed by atoms with Crippen molar-refractivity contribution in [2.75, 3.05) is 0 Å². The number of carboxylic acids is 1. The van der Waals surface area contributed by atoms with Crippen LogP contribution in [0.2, 0.25) is 0 Å². The normalized spacial score (nSPS) is 17.5. The topological polar surface area (TPSA) is 115 Å². The van der Waals surface area contributed by atoms with E-state index >= 15 is 0 Å². The first-order valence-corrected chi connectivity index (χ1v) is 7.23. The van der Waals surface area contributed by atoms with Crippen LogP contribution in [-0.4, -0.2) is 31.3 Å². The molecule has 0 aromatic carbocycles. The summed E-state index contributed by atoms with van der Waals surface area (Å²) in [6, 6.07) is 0. The van der Waals surface area contributed by atoms with Crippen molar-refractivity contribution in [2.24, 2.45) is 5.92 Å². The van der Waals surface area contributed by atoms with E-state index in [9.17, 15) is 14.5 Å². The van der Waals surface area contributed by atoms with E-state index in [2.05, 4.69) is 0 Å². The highest BCUT2D eigenvalue weighted by Crippen LogP contribution is 2.54. The van der Waals surface area contributed by atoms with Crippen molar-refractivity contribution in [1.29, 1.82) is 0 Å². The van der Waals surface area contributed by atoms with Crippen LogP contribution in [0.5, 0.6) is 0 Å². The van der Waals surface area contributed by atoms with Crippen molar-refractivity contribution in [1.82, 2.24) is 0 Å². The minimum absolute atomic E-state index is 0.0838. The number of rotatable bonds is 8. The molecule has 0 bridgehead atoms. The number of carbonyl (C=O) groups is 1. The number of hydrogen-bond donors (Lipinski definition) is 4. The largest absolute Gasteiger partial charge is 0.481 e. The van der Waals surface area contributed by atoms with Gasteiger partial charge in [-0.15, -0.1) is 0 Å². The van der Waals surface area contributed by atoms with Gasteiger partial charge in [0.15, 0.2) is 5.34 Å². The van der Waals surface area contributed by atoms with Crippen molar-refractivity contribution >= 4 is 13.6 Å². The summed E-state index contributed by atoms with van der Waals surface area (Å²) in [6.07, 6.45) is 0.332. The molecule has 102 valence electrons. The molecule has 0 aliphatic heterocycles. The van der Waals surface area contributed by atoms with E-state index in [1.165, 1.54) is 0 Å². The quantitative estimate of drug-likeness (QED) is 0.496. The molecule has 0 rings (SSSR count). The van der Waals surface area contributed by atoms with Crippen LogP contribution in [-0.2, 0) is 9.36 Å². The lowest BCUT2D eigenvalue weighted by atomic mass is 9.98. The van der Waals surface area contributed by atoms with Gasteiger partial charge in [-0.2, -0.15) is 0 Å². The second-order valence-corrected chi connectivity index (χ2v) is 6.39. The zero-order chi connectivity index (χ0) is 13.7. The molecule has 0 saturated heterocycles. The summed E-state index contributed by atoms with van der Waals surface area (Å²) in [5.41, 5.74) is 0. The molecule has 4 N–H and O–H groups in total. The summed E-state index contributed by atoms with van der Waals surface area (Å²) in [5, 5.41) is 16.2. The van der Waals surface area contributed by atoms with Gasteiger partial charge in [-0.1, -0.05) is 20.3 Å². The number of carboxylic acid groups (broad SMARTS) is 1. The van der Waals surface area contributed by atoms with Crippen LogP contribution in [0.1, 0.15) is 46.0 Å². The molecule has 0 heterocycles. The number of aliphatic hydroxyl groups is 1. The maximum atomic E-state index is 11.2. The Morgan fingerprint density at radius 2 is 1.88 bits per heavy atom. The molecule has 2 atom stereocenters. The smallest absolute Gasteiger partial charge is 0.356 e. The van der Waals surface area contributed by atoms with Crippen LogP contribution in [0.25, 0.3) is 0 Å². The van der Waals surface area contributed by atoms with Crippen LogP contribution in [0.4, 0.5) is 0 Å². The molecule has 17 heavy (non-hydrogen) atoms. The predicted molar refractivity (Wildman–Crippen MR) is 62.6 cm³/mol. The van der Waals surface area contributed by atoms with Crippen LogP contribution < -0.4 is 0 Å². The van der Waals surface area contributed by atoms with Gasteiger partial charge in [-0.25, -0.2) is 0 Å². The third-order valence-electron chi connectivity index (χ3n) is 3.02. The Hall–Kier alpha value is -0.420. The molecule has 0 spiro atoms. The molecule has 0 aromatic rings. The second kappa shape index (κ2) is 6.50. The maximum Gasteiger partial charge on any atom is 0.356 e. The Morgan fingerprint density at radius 3 is 2.24 bits per heavy atom. The minimum Gasteiger partial charge on any atom is -0.481 e. The van der Waals surface area contributed by atoms with Crippen molar-refractivity contribution in [2.45, 2.75) is 51.3 Å². The highest BCUT2D eigenvalue weighted by Gasteiger charge is 2.44. The highest BCUT2D eigenvalue weighted by molar-refractivity contribution is 7.53. The van der Waals surface area contributed by atoms with Gasteiger partial charge in [0.1, 0.15) is 0 Å². The highest BCUT2D eigenvalue weighted by atomic mass is 31.2. The Morgan fingerprint density at radius 1 is 1.35 bits per heavy atom. The minimum atomic E-state index is -4.72. The first-order chi connectivity index (χ1) is 7.62. The fraction of sp³-hybridized carbons (Fsp3) is 0.900. The Kier molecular flexibility index (Phi) is 6.34. The van der Waals surface area contributed by atoms with Crippen molar-refractivity contribution in [3.63, 3.8) is 0 Å². The van der Waals surface area contributed by atoms with Gasteiger partial charge in [0.25, 0.3) is 0 Å². The Balaban J connectivity index is 4.62. The summed E-state index contributed by atoms with van der Waals surface area (Å²) in [7, 11) is -4.72. The molecule has 0 radical (unpaired) electrons. The molecule has 0 aromatic heterocycles. The summed E-state index contributed by atoms with van der Waals surface area (Å²) in [6.45, 7) is 3.86. The summed E-state index contributed by atoms with van der Waals surface area (Å²) < 4.78 is 11.2. The van der Waals surface area contributed by atoms with E-state index in [1.54, 1.807) is 0 Å². The Labute approximate surface area is 101 Å². The third kappa shape index (κ3) is 5.64. The fourth-order valence-corrected chi connectivity index (χ4v) is 2.23. The monoisotopic (exact) mass is 268 g/mol. The first kappa shape index (κ1) is 16.6. The first-order valence-electron chi connectivity index (χ1n) is 5.62. The third-order valence-corrected chi connectivity index (χ3v) is 4.55. The zero-order valence-electron chi connectivity index (χ0n) is 10.2. The van der Waals surface area contributed by atoms with Gasteiger partial charge in [0.2, 0.25) is 0 Å². The van der Waals surface area contributed by atoms with E-state index in [0.29, 0.717) is 6.42 Å². The number of hydrogen-bond acceptors (Lipinski definition) is 3. The van der Waals surface area contributed by atoms with Gasteiger partial charge < -0.3 is 20.0 Å². The van der Waals surface area contributed by atoms with Gasteiger partial charge in [-0.3, -0.25) is 9.36 Å². The molecule has 6 nitrogen and oxygen atoms in total. The molecule has 2 unspecified atom stereocenters. The summed E-state index contributed by atoms with van der Waals surface area (Å²) >= 11 is 0. The van der Waals surface area contributed by atoms with Crippen LogP contribution >= 0.6 is 7.60 Å². The van der Waals surface area contributed by atoms with Gasteiger partial charge >= 0.3 is 13.6 Å². The average Bonchev–Trinajstić information content (AvgIpc) is 2.21. The van der Waals surface area contributed by atoms with Crippen LogP contribution in [0.15, 0.2) is 0 Å². The van der Waals surface area contributed by atoms with Crippen LogP contribution in [0.3, 0.4) is 0 Å². The summed E-state index contributed by atoms with van der Waals surface area (Å²) in [5.74, 6) is -0.946. The second-order valence-electron chi connectivity index (χ2n) is 4.47. The van der Waals surface area contributed by atoms with Gasteiger partial charge in [0, 0.05) is 6.42 Å². The van der Waals surface area contributed by atoms with E-state index in [4.69, 9.17) is 14.9 Å². The molecule has 0 aliphatic carbocycles. The van der Waals surface area contributed by atoms with Crippen molar-refractivity contribution in [3.05, 3.63) is 0 Å². The predicted octanol–water partition coefficient (Wildman–Crippen LogP) is 1.54. The van der Waals surface area contributed by atoms with Crippen LogP contribution in [0, 0.1) is 5.92 Å². The zero-order valence-corrected chi connectivity index (χ0v) is 11.1. The molecular weight excluding hydrogens is 247 g/mol. The molecule has 7 heteroatoms. The van der Waals surface area contributed by atoms with Crippen molar-refractivity contribution in [3.8, 4) is 0 Å². The molecular formula is C10H21O6P. The Bertz CT molecular complexity index is 299. The number of aliphatic carboxylic acids is 1. The summed E-state index contributed by atoms with van der Waals surface area (Å²) in [4.78, 5) is 28.6. The molecule has 0 amide bonds. The van der Waals surface area contributed by atoms with Gasteiger partial charge in [-0.05, 0) is 25.2 Å². The molecule has 0 aliphatic rings. The van der Waals surface area contributed by atoms with E-state index in [1.807, 2.05) is 13.8 Å². The van der Waals surface area contributed by atoms with Gasteiger partial charge in [0.05, 0.1) is 0 Å². The fourth-order valence-electron chi connectivity index (χ4n) is 1.41. The maximum absolute atomic E-state index is 11.2. The van der Waals surface area contributed by atoms with E-state index in [0.717, 1.165) is 6.42 Å². The van der Waals surface area contributed by atoms with E-state index < -0.39 is 31.7 Å². The molecule has 0 saturated carbocycles. The molecule has 0 fully saturated rings. The lowest BCUT2D eigenvalue weighted by Crippen LogP contribution is -2.30. The van der Waals surface area contributed by atoms with Crippen molar-refractivity contribution < 1.29 is 29.4 Å². The lowest BCUT2D eigenvalue weighted by molar-refractivity contribution is -0.138.